The number of hydrogen-bond donors (Lipinski definition) is 2. The van der Waals surface area contributed by atoms with Gasteiger partial charge in [0.15, 0.2) is 5.60 Å². The number of aliphatic hydroxyl groups excluding tert-OH is 1. The second-order valence-electron chi connectivity index (χ2n) is 8.18. The van der Waals surface area contributed by atoms with Crippen LogP contribution in [-0.2, 0) is 14.3 Å². The zero-order valence-electron chi connectivity index (χ0n) is 18.1. The van der Waals surface area contributed by atoms with Gasteiger partial charge in [-0.2, -0.15) is 0 Å². The molecule has 0 radical (unpaired) electrons. The lowest BCUT2D eigenvalue weighted by atomic mass is 9.89. The van der Waals surface area contributed by atoms with Crippen LogP contribution < -0.4 is 4.74 Å². The maximum atomic E-state index is 12.3. The molecule has 0 saturated heterocycles. The summed E-state index contributed by atoms with van der Waals surface area (Å²) in [6, 6.07) is 6.79. The van der Waals surface area contributed by atoms with Gasteiger partial charge >= 0.3 is 5.97 Å². The third kappa shape index (κ3) is 8.53. The number of ketones is 1. The van der Waals surface area contributed by atoms with Crippen LogP contribution >= 0.6 is 11.6 Å². The number of benzene rings is 1. The van der Waals surface area contributed by atoms with Crippen molar-refractivity contribution in [3.8, 4) is 17.6 Å². The molecule has 0 spiro atoms. The van der Waals surface area contributed by atoms with E-state index in [1.54, 1.807) is 24.3 Å². The maximum Gasteiger partial charge on any atom is 0.305 e. The summed E-state index contributed by atoms with van der Waals surface area (Å²) in [6.45, 7) is 1.48. The van der Waals surface area contributed by atoms with E-state index in [4.69, 9.17) is 16.3 Å². The van der Waals surface area contributed by atoms with E-state index >= 15 is 0 Å². The number of aliphatic hydroxyl groups is 2. The fourth-order valence-corrected chi connectivity index (χ4v) is 3.73. The van der Waals surface area contributed by atoms with Crippen LogP contribution in [0.2, 0.25) is 5.02 Å². The van der Waals surface area contributed by atoms with Crippen molar-refractivity contribution >= 4 is 23.4 Å². The van der Waals surface area contributed by atoms with E-state index < -0.39 is 17.6 Å². The summed E-state index contributed by atoms with van der Waals surface area (Å²) < 4.78 is 10.2. The molecule has 0 amide bonds. The number of Topliss-reactive ketones (excluding diaryl/α,β-unsaturated/α-hetero) is 1. The highest BCUT2D eigenvalue weighted by atomic mass is 35.5. The third-order valence-corrected chi connectivity index (χ3v) is 5.64. The summed E-state index contributed by atoms with van der Waals surface area (Å²) in [5.41, 5.74) is -1.43. The second kappa shape index (κ2) is 12.1. The van der Waals surface area contributed by atoms with Crippen LogP contribution in [0.15, 0.2) is 24.3 Å². The molecule has 170 valence electrons. The molecule has 1 aromatic rings. The monoisotopic (exact) mass is 450 g/mol. The third-order valence-electron chi connectivity index (χ3n) is 5.39. The van der Waals surface area contributed by atoms with Gasteiger partial charge in [0.25, 0.3) is 0 Å². The van der Waals surface area contributed by atoms with Crippen LogP contribution in [0.3, 0.4) is 0 Å². The number of methoxy groups -OCH3 is 1. The molecule has 6 nitrogen and oxygen atoms in total. The summed E-state index contributed by atoms with van der Waals surface area (Å²) in [5, 5.41) is 21.4. The Balaban J connectivity index is 1.86. The molecule has 31 heavy (non-hydrogen) atoms. The zero-order chi connectivity index (χ0) is 22.9. The van der Waals surface area contributed by atoms with Gasteiger partial charge in [-0.1, -0.05) is 42.7 Å². The Hall–Kier alpha value is -2.07. The van der Waals surface area contributed by atoms with Crippen molar-refractivity contribution in [2.75, 3.05) is 13.7 Å². The second-order valence-corrected chi connectivity index (χ2v) is 8.62. The number of esters is 1. The van der Waals surface area contributed by atoms with Crippen molar-refractivity contribution in [1.82, 2.24) is 0 Å². The van der Waals surface area contributed by atoms with Gasteiger partial charge in [-0.05, 0) is 44.0 Å². The Labute approximate surface area is 188 Å². The number of rotatable bonds is 10. The molecule has 1 aliphatic rings. The highest BCUT2D eigenvalue weighted by Crippen LogP contribution is 2.33. The highest BCUT2D eigenvalue weighted by molar-refractivity contribution is 6.30. The topological polar surface area (TPSA) is 93.1 Å². The molecule has 1 saturated carbocycles. The fourth-order valence-electron chi connectivity index (χ4n) is 3.61. The minimum absolute atomic E-state index is 0.0124. The van der Waals surface area contributed by atoms with Gasteiger partial charge in [0.1, 0.15) is 18.1 Å². The van der Waals surface area contributed by atoms with Crippen molar-refractivity contribution in [2.45, 2.75) is 63.6 Å². The maximum absolute atomic E-state index is 12.3. The summed E-state index contributed by atoms with van der Waals surface area (Å²) in [4.78, 5) is 23.4. The average Bonchev–Trinajstić information content (AvgIpc) is 3.00. The lowest BCUT2D eigenvalue weighted by Crippen LogP contribution is -2.31. The summed E-state index contributed by atoms with van der Waals surface area (Å²) in [5.74, 6) is 5.25. The Morgan fingerprint density at radius 2 is 1.90 bits per heavy atom. The Bertz CT molecular complexity index is 793. The number of carbonyl (C=O) groups is 2. The average molecular weight is 451 g/mol. The number of ether oxygens (including phenoxy) is 2. The van der Waals surface area contributed by atoms with Gasteiger partial charge in [0.2, 0.25) is 0 Å². The van der Waals surface area contributed by atoms with E-state index in [9.17, 15) is 19.8 Å². The molecule has 1 fully saturated rings. The summed E-state index contributed by atoms with van der Waals surface area (Å²) in [6.07, 6.45) is 3.66. The van der Waals surface area contributed by atoms with Crippen LogP contribution in [0.4, 0.5) is 0 Å². The minimum atomic E-state index is -1.43. The molecule has 0 heterocycles. The van der Waals surface area contributed by atoms with E-state index in [-0.39, 0.29) is 30.7 Å². The number of hydrogen-bond acceptors (Lipinski definition) is 6. The molecule has 7 heteroatoms. The molecule has 2 rings (SSSR count). The first-order valence-electron chi connectivity index (χ1n) is 10.6. The standard InChI is InChI=1S/C24H31ClO6/c1-24(29,16-31-18-11-9-17(25)10-12-18)14-13-20-19(21(26)15-22(20)27)7-5-3-4-6-8-23(28)30-2/h9-12,19-20,22,27,29H,3-8,15-16H2,1-2H3/t19-,20-,22+,24?/m1/s1. The zero-order valence-corrected chi connectivity index (χ0v) is 18.9. The predicted octanol–water partition coefficient (Wildman–Crippen LogP) is 3.55. The largest absolute Gasteiger partial charge is 0.490 e. The van der Waals surface area contributed by atoms with Gasteiger partial charge in [0.05, 0.1) is 19.1 Å². The van der Waals surface area contributed by atoms with E-state index in [1.165, 1.54) is 14.0 Å². The molecule has 0 aliphatic heterocycles. The molecular weight excluding hydrogens is 420 g/mol. The van der Waals surface area contributed by atoms with E-state index in [0.29, 0.717) is 23.6 Å². The van der Waals surface area contributed by atoms with Crippen molar-refractivity contribution in [3.63, 3.8) is 0 Å². The summed E-state index contributed by atoms with van der Waals surface area (Å²) in [7, 11) is 1.38. The Morgan fingerprint density at radius 1 is 1.23 bits per heavy atom. The van der Waals surface area contributed by atoms with Crippen LogP contribution in [0.25, 0.3) is 0 Å². The van der Waals surface area contributed by atoms with Crippen LogP contribution in [-0.4, -0.2) is 47.4 Å². The number of unbranched alkanes of at least 4 members (excludes halogenated alkanes) is 3. The minimum Gasteiger partial charge on any atom is -0.490 e. The fraction of sp³-hybridized carbons (Fsp3) is 0.583. The molecule has 1 aliphatic carbocycles. The van der Waals surface area contributed by atoms with E-state index in [2.05, 4.69) is 16.6 Å². The first kappa shape index (κ1) is 25.2. The van der Waals surface area contributed by atoms with Gasteiger partial charge < -0.3 is 19.7 Å². The molecule has 2 N–H and O–H groups in total. The van der Waals surface area contributed by atoms with Gasteiger partial charge in [-0.25, -0.2) is 0 Å². The van der Waals surface area contributed by atoms with Crippen molar-refractivity contribution in [2.24, 2.45) is 11.8 Å². The van der Waals surface area contributed by atoms with Crippen LogP contribution in [0, 0.1) is 23.7 Å². The van der Waals surface area contributed by atoms with Crippen molar-refractivity contribution < 1.29 is 29.3 Å². The lowest BCUT2D eigenvalue weighted by molar-refractivity contribution is -0.140. The lowest BCUT2D eigenvalue weighted by Gasteiger charge is -2.19. The molecule has 0 aromatic heterocycles. The van der Waals surface area contributed by atoms with Crippen LogP contribution in [0.5, 0.6) is 5.75 Å². The number of halogens is 1. The van der Waals surface area contributed by atoms with E-state index in [0.717, 1.165) is 25.7 Å². The van der Waals surface area contributed by atoms with Crippen molar-refractivity contribution in [3.05, 3.63) is 29.3 Å². The van der Waals surface area contributed by atoms with E-state index in [1.807, 2.05) is 0 Å². The first-order valence-corrected chi connectivity index (χ1v) is 11.0. The number of carbonyl (C=O) groups excluding carboxylic acids is 2. The van der Waals surface area contributed by atoms with Gasteiger partial charge in [-0.3, -0.25) is 9.59 Å². The smallest absolute Gasteiger partial charge is 0.305 e. The molecule has 1 unspecified atom stereocenters. The normalized spacial score (nSPS) is 22.4. The predicted molar refractivity (Wildman–Crippen MR) is 118 cm³/mol. The molecule has 1 aromatic carbocycles. The Kier molecular flexibility index (Phi) is 9.83. The molecule has 4 atom stereocenters. The first-order chi connectivity index (χ1) is 14.7. The molecular formula is C24H31ClO6. The van der Waals surface area contributed by atoms with Crippen LogP contribution in [0.1, 0.15) is 51.9 Å². The quantitative estimate of drug-likeness (QED) is 0.321. The highest BCUT2D eigenvalue weighted by Gasteiger charge is 2.40. The Morgan fingerprint density at radius 3 is 2.58 bits per heavy atom. The van der Waals surface area contributed by atoms with Gasteiger partial charge in [-0.15, -0.1) is 0 Å². The van der Waals surface area contributed by atoms with Gasteiger partial charge in [0, 0.05) is 23.8 Å². The van der Waals surface area contributed by atoms with Crippen molar-refractivity contribution in [1.29, 1.82) is 0 Å². The SMILES string of the molecule is COC(=O)CCCCCC[C@H]1C(=O)C[C@H](O)[C@@H]1C#CC(C)(O)COc1ccc(Cl)cc1. The summed E-state index contributed by atoms with van der Waals surface area (Å²) >= 11 is 5.85. The molecule has 0 bridgehead atoms.